The van der Waals surface area contributed by atoms with E-state index in [9.17, 15) is 19.7 Å². The number of nitrogens with zero attached hydrogens (tertiary/aromatic N) is 2. The molecule has 2 aromatic carbocycles. The zero-order chi connectivity index (χ0) is 21.8. The van der Waals surface area contributed by atoms with Gasteiger partial charge in [-0.3, -0.25) is 24.6 Å². The molecule has 0 atom stereocenters. The van der Waals surface area contributed by atoms with Crippen molar-refractivity contribution in [3.8, 4) is 11.5 Å². The molecule has 0 N–H and O–H groups in total. The molecule has 30 heavy (non-hydrogen) atoms. The molecule has 2 amide bonds. The lowest BCUT2D eigenvalue weighted by molar-refractivity contribution is -0.384. The normalized spacial score (nSPS) is 15.2. The van der Waals surface area contributed by atoms with Gasteiger partial charge in [-0.1, -0.05) is 24.3 Å². The van der Waals surface area contributed by atoms with Gasteiger partial charge < -0.3 is 9.47 Å². The van der Waals surface area contributed by atoms with E-state index >= 15 is 0 Å². The van der Waals surface area contributed by atoms with Gasteiger partial charge in [-0.15, -0.1) is 0 Å². The number of imide groups is 1. The third-order valence-corrected chi connectivity index (χ3v) is 5.11. The maximum absolute atomic E-state index is 12.8. The minimum atomic E-state index is -0.518. The lowest BCUT2D eigenvalue weighted by Crippen LogP contribution is -2.27. The van der Waals surface area contributed by atoms with Crippen LogP contribution in [-0.4, -0.2) is 34.2 Å². The number of ether oxygens (including phenoxy) is 2. The average molecular weight is 428 g/mol. The molecule has 156 valence electrons. The van der Waals surface area contributed by atoms with Crippen molar-refractivity contribution in [3.05, 3.63) is 68.6 Å². The number of amides is 2. The zero-order valence-corrected chi connectivity index (χ0v) is 17.5. The van der Waals surface area contributed by atoms with Gasteiger partial charge in [0.2, 0.25) is 0 Å². The monoisotopic (exact) mass is 428 g/mol. The van der Waals surface area contributed by atoms with Crippen LogP contribution in [0.25, 0.3) is 6.08 Å². The fraction of sp³-hybridized carbons (Fsp3) is 0.238. The topological polar surface area (TPSA) is 99.0 Å². The molecule has 0 saturated carbocycles. The highest BCUT2D eigenvalue weighted by Crippen LogP contribution is 2.38. The van der Waals surface area contributed by atoms with Crippen LogP contribution < -0.4 is 9.47 Å². The maximum Gasteiger partial charge on any atom is 0.293 e. The molecule has 3 rings (SSSR count). The van der Waals surface area contributed by atoms with Crippen molar-refractivity contribution in [2.24, 2.45) is 0 Å². The number of non-ortho nitro benzene ring substituents is 1. The van der Waals surface area contributed by atoms with Crippen molar-refractivity contribution in [1.82, 2.24) is 4.90 Å². The summed E-state index contributed by atoms with van der Waals surface area (Å²) in [6, 6.07) is 11.2. The molecule has 8 nitrogen and oxygen atoms in total. The van der Waals surface area contributed by atoms with Crippen LogP contribution in [0, 0.1) is 10.1 Å². The van der Waals surface area contributed by atoms with Crippen molar-refractivity contribution >= 4 is 34.7 Å². The second kappa shape index (κ2) is 9.00. The molecule has 0 unspecified atom stereocenters. The van der Waals surface area contributed by atoms with Gasteiger partial charge in [0.25, 0.3) is 16.8 Å². The van der Waals surface area contributed by atoms with Crippen molar-refractivity contribution in [2.75, 3.05) is 7.11 Å². The number of para-hydroxylation sites is 1. The van der Waals surface area contributed by atoms with Crippen LogP contribution in [0.15, 0.2) is 47.4 Å². The number of hydrogen-bond acceptors (Lipinski definition) is 7. The summed E-state index contributed by atoms with van der Waals surface area (Å²) in [5, 5.41) is 10.5. The van der Waals surface area contributed by atoms with Crippen LogP contribution in [0.2, 0.25) is 0 Å². The molecule has 0 spiro atoms. The third kappa shape index (κ3) is 4.62. The van der Waals surface area contributed by atoms with Crippen molar-refractivity contribution < 1.29 is 24.0 Å². The lowest BCUT2D eigenvalue weighted by atomic mass is 10.1. The van der Waals surface area contributed by atoms with Crippen LogP contribution in [0.5, 0.6) is 11.5 Å². The summed E-state index contributed by atoms with van der Waals surface area (Å²) >= 11 is 0.816. The van der Waals surface area contributed by atoms with E-state index in [0.717, 1.165) is 16.7 Å². The Hall–Kier alpha value is -3.33. The average Bonchev–Trinajstić information content (AvgIpc) is 2.96. The van der Waals surface area contributed by atoms with E-state index in [-0.39, 0.29) is 23.2 Å². The second-order valence-corrected chi connectivity index (χ2v) is 7.73. The Morgan fingerprint density at radius 1 is 1.20 bits per heavy atom. The number of carbonyl (C=O) groups is 2. The molecule has 1 saturated heterocycles. The maximum atomic E-state index is 12.8. The highest BCUT2D eigenvalue weighted by molar-refractivity contribution is 8.18. The predicted octanol–water partition coefficient (Wildman–Crippen LogP) is 4.63. The second-order valence-electron chi connectivity index (χ2n) is 6.74. The number of hydrogen-bond donors (Lipinski definition) is 0. The molecule has 0 aliphatic carbocycles. The number of nitro groups is 1. The molecular formula is C21H20N2O6S. The fourth-order valence-electron chi connectivity index (χ4n) is 2.90. The number of rotatable bonds is 7. The Labute approximate surface area is 177 Å². The first-order chi connectivity index (χ1) is 14.3. The smallest absolute Gasteiger partial charge is 0.293 e. The van der Waals surface area contributed by atoms with E-state index in [1.807, 2.05) is 13.8 Å². The molecule has 9 heteroatoms. The van der Waals surface area contributed by atoms with Crippen LogP contribution in [0.1, 0.15) is 25.0 Å². The van der Waals surface area contributed by atoms with E-state index in [0.29, 0.717) is 22.6 Å². The number of methoxy groups -OCH3 is 1. The molecule has 2 aromatic rings. The summed E-state index contributed by atoms with van der Waals surface area (Å²) in [5.41, 5.74) is 1.02. The zero-order valence-electron chi connectivity index (χ0n) is 16.7. The molecule has 0 bridgehead atoms. The molecule has 1 aliphatic heterocycles. The predicted molar refractivity (Wildman–Crippen MR) is 113 cm³/mol. The van der Waals surface area contributed by atoms with E-state index in [1.165, 1.54) is 25.3 Å². The first-order valence-corrected chi connectivity index (χ1v) is 9.94. The van der Waals surface area contributed by atoms with Gasteiger partial charge in [0.15, 0.2) is 11.5 Å². The fourth-order valence-corrected chi connectivity index (χ4v) is 3.73. The Morgan fingerprint density at radius 3 is 2.60 bits per heavy atom. The van der Waals surface area contributed by atoms with Crippen LogP contribution in [-0.2, 0) is 11.3 Å². The van der Waals surface area contributed by atoms with Crippen molar-refractivity contribution in [3.63, 3.8) is 0 Å². The lowest BCUT2D eigenvalue weighted by Gasteiger charge is -2.16. The molecule has 1 fully saturated rings. The molecule has 0 radical (unpaired) electrons. The summed E-state index contributed by atoms with van der Waals surface area (Å²) in [4.78, 5) is 37.0. The Kier molecular flexibility index (Phi) is 6.41. The van der Waals surface area contributed by atoms with Crippen molar-refractivity contribution in [2.45, 2.75) is 26.5 Å². The minimum absolute atomic E-state index is 0.0445. The molecule has 1 heterocycles. The number of nitro benzene ring substituents is 1. The minimum Gasteiger partial charge on any atom is -0.493 e. The van der Waals surface area contributed by atoms with Gasteiger partial charge in [-0.05, 0) is 43.3 Å². The molecular weight excluding hydrogens is 408 g/mol. The summed E-state index contributed by atoms with van der Waals surface area (Å²) in [7, 11) is 1.53. The van der Waals surface area contributed by atoms with E-state index in [4.69, 9.17) is 9.47 Å². The summed E-state index contributed by atoms with van der Waals surface area (Å²) in [6.45, 7) is 3.71. The Bertz CT molecular complexity index is 1030. The number of thioether (sulfide) groups is 1. The SMILES string of the molecule is COc1cccc(/C=C2\SC(=O)N(Cc3cccc([N+](=O)[O-])c3)C2=O)c1OC(C)C. The Morgan fingerprint density at radius 2 is 1.93 bits per heavy atom. The summed E-state index contributed by atoms with van der Waals surface area (Å²) < 4.78 is 11.2. The third-order valence-electron chi connectivity index (χ3n) is 4.21. The van der Waals surface area contributed by atoms with Crippen LogP contribution in [0.4, 0.5) is 10.5 Å². The van der Waals surface area contributed by atoms with Gasteiger partial charge in [-0.2, -0.15) is 0 Å². The molecule has 0 aromatic heterocycles. The first kappa shape index (κ1) is 21.4. The Balaban J connectivity index is 1.89. The first-order valence-electron chi connectivity index (χ1n) is 9.12. The van der Waals surface area contributed by atoms with Crippen LogP contribution >= 0.6 is 11.8 Å². The van der Waals surface area contributed by atoms with Crippen LogP contribution in [0.3, 0.4) is 0 Å². The quantitative estimate of drug-likeness (QED) is 0.360. The number of benzene rings is 2. The van der Waals surface area contributed by atoms with Gasteiger partial charge in [0, 0.05) is 17.7 Å². The highest BCUT2D eigenvalue weighted by Gasteiger charge is 2.35. The van der Waals surface area contributed by atoms with Gasteiger partial charge >= 0.3 is 0 Å². The standard InChI is InChI=1S/C21H20N2O6S/c1-13(2)29-19-15(7-5-9-17(19)28-3)11-18-20(24)22(21(25)30-18)12-14-6-4-8-16(10-14)23(26)27/h4-11,13H,12H2,1-3H3/b18-11-. The molecule has 1 aliphatic rings. The largest absolute Gasteiger partial charge is 0.493 e. The number of carbonyl (C=O) groups excluding carboxylic acids is 2. The van der Waals surface area contributed by atoms with Gasteiger partial charge in [0.05, 0.1) is 29.6 Å². The highest BCUT2D eigenvalue weighted by atomic mass is 32.2. The van der Waals surface area contributed by atoms with Gasteiger partial charge in [0.1, 0.15) is 0 Å². The van der Waals surface area contributed by atoms with E-state index in [1.54, 1.807) is 30.3 Å². The summed E-state index contributed by atoms with van der Waals surface area (Å²) in [6.07, 6.45) is 1.48. The van der Waals surface area contributed by atoms with Crippen molar-refractivity contribution in [1.29, 1.82) is 0 Å². The van der Waals surface area contributed by atoms with E-state index < -0.39 is 16.1 Å². The van der Waals surface area contributed by atoms with E-state index in [2.05, 4.69) is 0 Å². The van der Waals surface area contributed by atoms with Gasteiger partial charge in [-0.25, -0.2) is 0 Å². The summed E-state index contributed by atoms with van der Waals surface area (Å²) in [5.74, 6) is 0.545.